The summed E-state index contributed by atoms with van der Waals surface area (Å²) < 4.78 is 40.9. The monoisotopic (exact) mass is 375 g/mol. The number of likely N-dealkylation sites (tertiary alicyclic amines) is 1. The number of fused-ring (bicyclic) bond motifs is 1. The van der Waals surface area contributed by atoms with E-state index >= 15 is 0 Å². The van der Waals surface area contributed by atoms with Crippen LogP contribution in [0, 0.1) is 6.92 Å². The second-order valence-electron chi connectivity index (χ2n) is 6.99. The Balaban J connectivity index is 1.51. The van der Waals surface area contributed by atoms with Crippen molar-refractivity contribution in [3.05, 3.63) is 59.3 Å². The Labute approximate surface area is 154 Å². The van der Waals surface area contributed by atoms with Gasteiger partial charge in [0.1, 0.15) is 5.69 Å². The van der Waals surface area contributed by atoms with Crippen LogP contribution in [0.2, 0.25) is 0 Å². The highest BCUT2D eigenvalue weighted by atomic mass is 19.4. The molecule has 1 aliphatic heterocycles. The zero-order valence-electron chi connectivity index (χ0n) is 14.9. The summed E-state index contributed by atoms with van der Waals surface area (Å²) in [4.78, 5) is 10.9. The van der Waals surface area contributed by atoms with Gasteiger partial charge in [0, 0.05) is 30.4 Å². The second kappa shape index (κ2) is 6.92. The highest BCUT2D eigenvalue weighted by molar-refractivity contribution is 5.43. The molecule has 0 unspecified atom stereocenters. The van der Waals surface area contributed by atoms with Gasteiger partial charge in [-0.3, -0.25) is 9.88 Å². The first kappa shape index (κ1) is 17.9. The molecule has 3 aromatic rings. The number of aryl methyl sites for hydroxylation is 1. The molecule has 1 saturated heterocycles. The van der Waals surface area contributed by atoms with Crippen molar-refractivity contribution in [2.45, 2.75) is 38.4 Å². The van der Waals surface area contributed by atoms with E-state index < -0.39 is 11.9 Å². The highest BCUT2D eigenvalue weighted by Gasteiger charge is 2.35. The van der Waals surface area contributed by atoms with E-state index in [1.807, 2.05) is 18.2 Å². The summed E-state index contributed by atoms with van der Waals surface area (Å²) in [6, 6.07) is 8.60. The first-order valence-corrected chi connectivity index (χ1v) is 8.97. The quantitative estimate of drug-likeness (QED) is 0.698. The van der Waals surface area contributed by atoms with Crippen molar-refractivity contribution in [2.75, 3.05) is 13.1 Å². The molecule has 0 aliphatic carbocycles. The summed E-state index contributed by atoms with van der Waals surface area (Å²) in [6.07, 6.45) is -0.957. The Kier molecular flexibility index (Phi) is 4.59. The van der Waals surface area contributed by atoms with Crippen molar-refractivity contribution in [1.82, 2.24) is 24.5 Å². The van der Waals surface area contributed by atoms with Crippen molar-refractivity contribution in [1.29, 1.82) is 0 Å². The number of alkyl halides is 3. The van der Waals surface area contributed by atoms with Crippen molar-refractivity contribution in [2.24, 2.45) is 0 Å². The molecule has 0 spiro atoms. The van der Waals surface area contributed by atoms with E-state index in [2.05, 4.69) is 20.0 Å². The minimum Gasteiger partial charge on any atom is -0.297 e. The number of hydrogen-bond donors (Lipinski definition) is 0. The number of rotatable bonds is 3. The lowest BCUT2D eigenvalue weighted by atomic mass is 9.93. The summed E-state index contributed by atoms with van der Waals surface area (Å²) in [6.45, 7) is 4.09. The number of hydrogen-bond acceptors (Lipinski definition) is 4. The first-order valence-electron chi connectivity index (χ1n) is 8.97. The van der Waals surface area contributed by atoms with Crippen LogP contribution in [-0.4, -0.2) is 37.6 Å². The van der Waals surface area contributed by atoms with Crippen molar-refractivity contribution < 1.29 is 13.2 Å². The first-order chi connectivity index (χ1) is 12.9. The standard InChI is InChI=1S/C19H20F3N5/c1-13-10-17(19(20,21)22)27-18(24-13)11-16(25-27)14-5-8-26(9-6-14)12-15-4-2-3-7-23-15/h2-4,7,10-11,14H,5-6,8-9,12H2,1H3. The zero-order chi connectivity index (χ0) is 19.0. The Morgan fingerprint density at radius 1 is 1.15 bits per heavy atom. The molecule has 0 amide bonds. The predicted octanol–water partition coefficient (Wildman–Crippen LogP) is 3.83. The maximum atomic E-state index is 13.3. The third kappa shape index (κ3) is 3.80. The van der Waals surface area contributed by atoms with Crippen LogP contribution < -0.4 is 0 Å². The number of piperidine rings is 1. The van der Waals surface area contributed by atoms with E-state index in [4.69, 9.17) is 0 Å². The van der Waals surface area contributed by atoms with Crippen molar-refractivity contribution >= 4 is 5.65 Å². The summed E-state index contributed by atoms with van der Waals surface area (Å²) in [5.41, 5.74) is 1.54. The Morgan fingerprint density at radius 2 is 1.93 bits per heavy atom. The maximum absolute atomic E-state index is 13.3. The van der Waals surface area contributed by atoms with Crippen LogP contribution in [-0.2, 0) is 12.7 Å². The summed E-state index contributed by atoms with van der Waals surface area (Å²) in [7, 11) is 0. The van der Waals surface area contributed by atoms with Crippen LogP contribution in [0.15, 0.2) is 36.5 Å². The largest absolute Gasteiger partial charge is 0.433 e. The molecule has 5 nitrogen and oxygen atoms in total. The van der Waals surface area contributed by atoms with E-state index in [1.54, 1.807) is 19.2 Å². The minimum absolute atomic E-state index is 0.146. The second-order valence-corrected chi connectivity index (χ2v) is 6.99. The molecule has 1 fully saturated rings. The van der Waals surface area contributed by atoms with Crippen molar-refractivity contribution in [3.63, 3.8) is 0 Å². The average Bonchev–Trinajstić information content (AvgIpc) is 3.05. The van der Waals surface area contributed by atoms with E-state index in [-0.39, 0.29) is 11.6 Å². The Hall–Kier alpha value is -2.48. The summed E-state index contributed by atoms with van der Waals surface area (Å²) >= 11 is 0. The smallest absolute Gasteiger partial charge is 0.297 e. The summed E-state index contributed by atoms with van der Waals surface area (Å²) in [5.74, 6) is 0.146. The van der Waals surface area contributed by atoms with Gasteiger partial charge in [-0.25, -0.2) is 9.50 Å². The number of halogens is 3. The Bertz CT molecular complexity index is 928. The van der Waals surface area contributed by atoms with Gasteiger partial charge >= 0.3 is 6.18 Å². The van der Waals surface area contributed by atoms with Gasteiger partial charge in [-0.2, -0.15) is 18.3 Å². The van der Waals surface area contributed by atoms with Gasteiger partial charge in [-0.15, -0.1) is 0 Å². The third-order valence-electron chi connectivity index (χ3n) is 4.98. The average molecular weight is 375 g/mol. The fourth-order valence-corrected chi connectivity index (χ4v) is 3.63. The zero-order valence-corrected chi connectivity index (χ0v) is 14.9. The molecule has 8 heteroatoms. The predicted molar refractivity (Wildman–Crippen MR) is 94.2 cm³/mol. The fourth-order valence-electron chi connectivity index (χ4n) is 3.63. The topological polar surface area (TPSA) is 46.3 Å². The fraction of sp³-hybridized carbons (Fsp3) is 0.421. The molecule has 3 aromatic heterocycles. The SMILES string of the molecule is Cc1cc(C(F)(F)F)n2nc(C3CCN(Cc4ccccn4)CC3)cc2n1. The van der Waals surface area contributed by atoms with Crippen LogP contribution in [0.25, 0.3) is 5.65 Å². The lowest BCUT2D eigenvalue weighted by Crippen LogP contribution is -2.32. The van der Waals surface area contributed by atoms with Crippen LogP contribution in [0.3, 0.4) is 0 Å². The molecule has 0 radical (unpaired) electrons. The van der Waals surface area contributed by atoms with Crippen LogP contribution in [0.5, 0.6) is 0 Å². The maximum Gasteiger partial charge on any atom is 0.433 e. The van der Waals surface area contributed by atoms with E-state index in [9.17, 15) is 13.2 Å². The molecular weight excluding hydrogens is 355 g/mol. The van der Waals surface area contributed by atoms with Crippen molar-refractivity contribution in [3.8, 4) is 0 Å². The van der Waals surface area contributed by atoms with Gasteiger partial charge in [0.2, 0.25) is 0 Å². The van der Waals surface area contributed by atoms with Crippen LogP contribution in [0.4, 0.5) is 13.2 Å². The third-order valence-corrected chi connectivity index (χ3v) is 4.98. The number of pyridine rings is 1. The summed E-state index contributed by atoms with van der Waals surface area (Å²) in [5, 5.41) is 4.26. The van der Waals surface area contributed by atoms with E-state index in [1.165, 1.54) is 0 Å². The molecule has 0 N–H and O–H groups in total. The van der Waals surface area contributed by atoms with Gasteiger partial charge in [0.05, 0.1) is 11.4 Å². The van der Waals surface area contributed by atoms with Crippen LogP contribution in [0.1, 0.15) is 41.5 Å². The molecule has 1 aliphatic rings. The molecule has 0 saturated carbocycles. The number of aromatic nitrogens is 4. The van der Waals surface area contributed by atoms with Gasteiger partial charge in [0.25, 0.3) is 0 Å². The van der Waals surface area contributed by atoms with Gasteiger partial charge in [0.15, 0.2) is 5.65 Å². The molecule has 4 rings (SSSR count). The Morgan fingerprint density at radius 3 is 2.59 bits per heavy atom. The molecule has 0 bridgehead atoms. The van der Waals surface area contributed by atoms with Gasteiger partial charge < -0.3 is 0 Å². The number of nitrogens with zero attached hydrogens (tertiary/aromatic N) is 5. The molecule has 0 aromatic carbocycles. The van der Waals surface area contributed by atoms with Gasteiger partial charge in [-0.05, 0) is 51.1 Å². The van der Waals surface area contributed by atoms with E-state index in [0.29, 0.717) is 11.4 Å². The molecule has 4 heterocycles. The lowest BCUT2D eigenvalue weighted by molar-refractivity contribution is -0.142. The highest BCUT2D eigenvalue weighted by Crippen LogP contribution is 2.32. The van der Waals surface area contributed by atoms with Gasteiger partial charge in [-0.1, -0.05) is 6.07 Å². The molecular formula is C19H20F3N5. The molecule has 142 valence electrons. The van der Waals surface area contributed by atoms with E-state index in [0.717, 1.165) is 48.8 Å². The normalized spacial score (nSPS) is 16.9. The minimum atomic E-state index is -4.46. The lowest BCUT2D eigenvalue weighted by Gasteiger charge is -2.30. The molecule has 0 atom stereocenters. The van der Waals surface area contributed by atoms with Crippen LogP contribution >= 0.6 is 0 Å². The molecule has 27 heavy (non-hydrogen) atoms.